The van der Waals surface area contributed by atoms with Crippen LogP contribution in [0.4, 0.5) is 4.39 Å². The molecule has 2 rings (SSSR count). The summed E-state index contributed by atoms with van der Waals surface area (Å²) >= 11 is 0. The van der Waals surface area contributed by atoms with E-state index in [0.717, 1.165) is 16.9 Å². The molecule has 0 unspecified atom stereocenters. The van der Waals surface area contributed by atoms with Crippen LogP contribution in [0.2, 0.25) is 0 Å². The van der Waals surface area contributed by atoms with E-state index in [0.29, 0.717) is 12.6 Å². The zero-order valence-electron chi connectivity index (χ0n) is 10.8. The first-order valence-corrected chi connectivity index (χ1v) is 5.97. The SMILES string of the molecule is Cc1cc(F)ccc1-n1ncc(CNC(C)C)n1. The lowest BCUT2D eigenvalue weighted by Gasteiger charge is -2.05. The lowest BCUT2D eigenvalue weighted by atomic mass is 10.2. The second-order valence-electron chi connectivity index (χ2n) is 4.59. The summed E-state index contributed by atoms with van der Waals surface area (Å²) in [6.45, 7) is 6.68. The van der Waals surface area contributed by atoms with Gasteiger partial charge in [-0.2, -0.15) is 15.0 Å². The Balaban J connectivity index is 2.18. The number of aryl methyl sites for hydroxylation is 1. The fourth-order valence-corrected chi connectivity index (χ4v) is 1.64. The number of nitrogens with zero attached hydrogens (tertiary/aromatic N) is 3. The summed E-state index contributed by atoms with van der Waals surface area (Å²) in [5.74, 6) is -0.245. The van der Waals surface area contributed by atoms with Crippen molar-refractivity contribution in [3.63, 3.8) is 0 Å². The van der Waals surface area contributed by atoms with Gasteiger partial charge in [0.2, 0.25) is 0 Å². The highest BCUT2D eigenvalue weighted by Crippen LogP contribution is 2.13. The van der Waals surface area contributed by atoms with E-state index in [1.165, 1.54) is 16.9 Å². The van der Waals surface area contributed by atoms with Crippen LogP contribution in [0.5, 0.6) is 0 Å². The van der Waals surface area contributed by atoms with E-state index in [1.54, 1.807) is 12.3 Å². The van der Waals surface area contributed by atoms with Gasteiger partial charge in [-0.05, 0) is 30.7 Å². The molecule has 96 valence electrons. The monoisotopic (exact) mass is 248 g/mol. The van der Waals surface area contributed by atoms with Crippen molar-refractivity contribution in [1.82, 2.24) is 20.3 Å². The van der Waals surface area contributed by atoms with E-state index in [2.05, 4.69) is 29.4 Å². The molecule has 2 aromatic rings. The molecule has 0 saturated carbocycles. The van der Waals surface area contributed by atoms with Crippen LogP contribution in [0.15, 0.2) is 24.4 Å². The Morgan fingerprint density at radius 2 is 2.17 bits per heavy atom. The van der Waals surface area contributed by atoms with Crippen molar-refractivity contribution < 1.29 is 4.39 Å². The minimum Gasteiger partial charge on any atom is -0.309 e. The van der Waals surface area contributed by atoms with Crippen LogP contribution in [-0.4, -0.2) is 21.0 Å². The molecule has 0 atom stereocenters. The van der Waals surface area contributed by atoms with Gasteiger partial charge >= 0.3 is 0 Å². The topological polar surface area (TPSA) is 42.7 Å². The predicted octanol–water partition coefficient (Wildman–Crippen LogP) is 2.21. The van der Waals surface area contributed by atoms with Crippen molar-refractivity contribution in [3.8, 4) is 5.69 Å². The molecule has 0 aliphatic heterocycles. The zero-order chi connectivity index (χ0) is 13.1. The smallest absolute Gasteiger partial charge is 0.123 e. The molecule has 0 fully saturated rings. The third kappa shape index (κ3) is 2.92. The molecule has 18 heavy (non-hydrogen) atoms. The molecule has 1 N–H and O–H groups in total. The Bertz CT molecular complexity index is 534. The number of benzene rings is 1. The Morgan fingerprint density at radius 1 is 1.39 bits per heavy atom. The predicted molar refractivity (Wildman–Crippen MR) is 68.0 cm³/mol. The summed E-state index contributed by atoms with van der Waals surface area (Å²) < 4.78 is 13.0. The molecule has 0 radical (unpaired) electrons. The summed E-state index contributed by atoms with van der Waals surface area (Å²) in [5, 5.41) is 11.8. The molecule has 0 saturated heterocycles. The van der Waals surface area contributed by atoms with Crippen molar-refractivity contribution in [1.29, 1.82) is 0 Å². The summed E-state index contributed by atoms with van der Waals surface area (Å²) in [4.78, 5) is 1.53. The number of rotatable bonds is 4. The third-order valence-electron chi connectivity index (χ3n) is 2.61. The average Bonchev–Trinajstić information content (AvgIpc) is 2.75. The second kappa shape index (κ2) is 5.27. The van der Waals surface area contributed by atoms with Crippen LogP contribution in [-0.2, 0) is 6.54 Å². The summed E-state index contributed by atoms with van der Waals surface area (Å²) in [6.07, 6.45) is 1.72. The second-order valence-corrected chi connectivity index (χ2v) is 4.59. The van der Waals surface area contributed by atoms with Gasteiger partial charge in [0.05, 0.1) is 17.6 Å². The normalized spacial score (nSPS) is 11.2. The molecule has 0 aliphatic rings. The Kier molecular flexibility index (Phi) is 3.72. The maximum Gasteiger partial charge on any atom is 0.123 e. The molecule has 1 aromatic carbocycles. The fraction of sp³-hybridized carbons (Fsp3) is 0.385. The van der Waals surface area contributed by atoms with Crippen molar-refractivity contribution in [2.75, 3.05) is 0 Å². The molecular formula is C13H17FN4. The molecule has 0 bridgehead atoms. The van der Waals surface area contributed by atoms with Gasteiger partial charge in [0, 0.05) is 12.6 Å². The zero-order valence-corrected chi connectivity index (χ0v) is 10.8. The molecule has 1 aromatic heterocycles. The van der Waals surface area contributed by atoms with Gasteiger partial charge in [-0.1, -0.05) is 13.8 Å². The molecular weight excluding hydrogens is 231 g/mol. The molecule has 0 spiro atoms. The quantitative estimate of drug-likeness (QED) is 0.902. The molecule has 4 nitrogen and oxygen atoms in total. The minimum atomic E-state index is -0.245. The summed E-state index contributed by atoms with van der Waals surface area (Å²) in [7, 11) is 0. The standard InChI is InChI=1S/C13H17FN4/c1-9(2)15-7-12-8-16-18(17-12)13-5-4-11(14)6-10(13)3/h4-6,8-9,15H,7H2,1-3H3. The van der Waals surface area contributed by atoms with E-state index in [-0.39, 0.29) is 5.82 Å². The van der Waals surface area contributed by atoms with E-state index in [4.69, 9.17) is 0 Å². The van der Waals surface area contributed by atoms with E-state index < -0.39 is 0 Å². The van der Waals surface area contributed by atoms with Crippen LogP contribution in [0.25, 0.3) is 5.69 Å². The van der Waals surface area contributed by atoms with Gasteiger partial charge < -0.3 is 5.32 Å². The van der Waals surface area contributed by atoms with Gasteiger partial charge in [-0.3, -0.25) is 0 Å². The van der Waals surface area contributed by atoms with Crippen molar-refractivity contribution in [2.45, 2.75) is 33.4 Å². The maximum atomic E-state index is 13.0. The van der Waals surface area contributed by atoms with Crippen molar-refractivity contribution in [2.24, 2.45) is 0 Å². The first kappa shape index (κ1) is 12.7. The number of halogens is 1. The number of aromatic nitrogens is 3. The lowest BCUT2D eigenvalue weighted by molar-refractivity contribution is 0.576. The van der Waals surface area contributed by atoms with E-state index in [1.807, 2.05) is 6.92 Å². The highest BCUT2D eigenvalue weighted by molar-refractivity contribution is 5.38. The van der Waals surface area contributed by atoms with Crippen LogP contribution in [0.3, 0.4) is 0 Å². The van der Waals surface area contributed by atoms with Crippen molar-refractivity contribution in [3.05, 3.63) is 41.5 Å². The Hall–Kier alpha value is -1.75. The van der Waals surface area contributed by atoms with Crippen LogP contribution >= 0.6 is 0 Å². The maximum absolute atomic E-state index is 13.0. The first-order chi connectivity index (χ1) is 8.56. The van der Waals surface area contributed by atoms with Gasteiger partial charge in [0.25, 0.3) is 0 Å². The average molecular weight is 248 g/mol. The molecule has 0 amide bonds. The van der Waals surface area contributed by atoms with Crippen LogP contribution < -0.4 is 5.32 Å². The van der Waals surface area contributed by atoms with Crippen LogP contribution in [0.1, 0.15) is 25.1 Å². The lowest BCUT2D eigenvalue weighted by Crippen LogP contribution is -2.22. The third-order valence-corrected chi connectivity index (χ3v) is 2.61. The summed E-state index contributed by atoms with van der Waals surface area (Å²) in [5.41, 5.74) is 2.48. The Morgan fingerprint density at radius 3 is 2.83 bits per heavy atom. The Labute approximate surface area is 106 Å². The molecule has 0 aliphatic carbocycles. The van der Waals surface area contributed by atoms with E-state index in [9.17, 15) is 4.39 Å². The van der Waals surface area contributed by atoms with Gasteiger partial charge in [0.15, 0.2) is 0 Å². The van der Waals surface area contributed by atoms with Crippen LogP contribution in [0, 0.1) is 12.7 Å². The molecule has 5 heteroatoms. The van der Waals surface area contributed by atoms with Gasteiger partial charge in [0.1, 0.15) is 5.82 Å². The fourth-order valence-electron chi connectivity index (χ4n) is 1.64. The van der Waals surface area contributed by atoms with Gasteiger partial charge in [-0.15, -0.1) is 0 Å². The number of hydrogen-bond acceptors (Lipinski definition) is 3. The number of hydrogen-bond donors (Lipinski definition) is 1. The molecule has 1 heterocycles. The minimum absolute atomic E-state index is 0.245. The first-order valence-electron chi connectivity index (χ1n) is 5.97. The number of nitrogens with one attached hydrogen (secondary N) is 1. The van der Waals surface area contributed by atoms with Crippen molar-refractivity contribution >= 4 is 0 Å². The largest absolute Gasteiger partial charge is 0.309 e. The van der Waals surface area contributed by atoms with E-state index >= 15 is 0 Å². The highest BCUT2D eigenvalue weighted by Gasteiger charge is 2.06. The highest BCUT2D eigenvalue weighted by atomic mass is 19.1. The summed E-state index contributed by atoms with van der Waals surface area (Å²) in [6, 6.07) is 4.98. The van der Waals surface area contributed by atoms with Gasteiger partial charge in [-0.25, -0.2) is 4.39 Å².